The van der Waals surface area contributed by atoms with Gasteiger partial charge in [-0.2, -0.15) is 0 Å². The lowest BCUT2D eigenvalue weighted by molar-refractivity contribution is 0.104. The number of rotatable bonds is 5. The Hall–Kier alpha value is -2.26. The molecule has 0 bridgehead atoms. The van der Waals surface area contributed by atoms with Crippen molar-refractivity contribution in [2.24, 2.45) is 7.05 Å². The van der Waals surface area contributed by atoms with Gasteiger partial charge in [-0.25, -0.2) is 0 Å². The van der Waals surface area contributed by atoms with E-state index in [2.05, 4.69) is 29.8 Å². The minimum absolute atomic E-state index is 0.0579. The monoisotopic (exact) mass is 335 g/mol. The first-order valence-electron chi connectivity index (χ1n) is 8.10. The maximum Gasteiger partial charge on any atom is 0.186 e. The highest BCUT2D eigenvalue weighted by Gasteiger charge is 2.13. The first kappa shape index (κ1) is 16.6. The SMILES string of the molecule is CCSC(=CC(=O)c1cccc(C)c1)c1cn(C)c2ccccc12. The van der Waals surface area contributed by atoms with E-state index in [1.54, 1.807) is 17.8 Å². The Bertz CT molecular complexity index is 920. The van der Waals surface area contributed by atoms with E-state index in [0.29, 0.717) is 0 Å². The van der Waals surface area contributed by atoms with Crippen LogP contribution < -0.4 is 0 Å². The van der Waals surface area contributed by atoms with E-state index in [4.69, 9.17) is 0 Å². The van der Waals surface area contributed by atoms with E-state index in [9.17, 15) is 4.79 Å². The number of carbonyl (C=O) groups is 1. The molecule has 0 amide bonds. The van der Waals surface area contributed by atoms with Crippen molar-refractivity contribution in [2.45, 2.75) is 13.8 Å². The minimum atomic E-state index is 0.0579. The molecule has 1 heterocycles. The molecular formula is C21H21NOS. The fraction of sp³-hybridized carbons (Fsp3) is 0.190. The Labute approximate surface area is 147 Å². The number of ketones is 1. The molecule has 2 aromatic carbocycles. The van der Waals surface area contributed by atoms with Crippen LogP contribution in [0.3, 0.4) is 0 Å². The average molecular weight is 335 g/mol. The Balaban J connectivity index is 2.07. The molecule has 0 atom stereocenters. The average Bonchev–Trinajstić information content (AvgIpc) is 2.92. The second kappa shape index (κ2) is 7.10. The van der Waals surface area contributed by atoms with Crippen molar-refractivity contribution in [2.75, 3.05) is 5.75 Å². The summed E-state index contributed by atoms with van der Waals surface area (Å²) in [5, 5.41) is 1.18. The second-order valence-electron chi connectivity index (χ2n) is 5.85. The largest absolute Gasteiger partial charge is 0.350 e. The van der Waals surface area contributed by atoms with Crippen molar-refractivity contribution in [1.29, 1.82) is 0 Å². The number of hydrogen-bond donors (Lipinski definition) is 0. The Kier molecular flexibility index (Phi) is 4.91. The summed E-state index contributed by atoms with van der Waals surface area (Å²) in [6.45, 7) is 4.12. The molecule has 0 saturated heterocycles. The zero-order valence-corrected chi connectivity index (χ0v) is 15.1. The molecule has 1 aromatic heterocycles. The summed E-state index contributed by atoms with van der Waals surface area (Å²) < 4.78 is 2.12. The van der Waals surface area contributed by atoms with Crippen LogP contribution in [0.4, 0.5) is 0 Å². The molecule has 3 rings (SSSR count). The van der Waals surface area contributed by atoms with E-state index in [0.717, 1.165) is 27.3 Å². The Morgan fingerprint density at radius 2 is 1.96 bits per heavy atom. The van der Waals surface area contributed by atoms with Gasteiger partial charge in [-0.3, -0.25) is 4.79 Å². The number of aromatic nitrogens is 1. The molecule has 24 heavy (non-hydrogen) atoms. The Morgan fingerprint density at radius 1 is 1.17 bits per heavy atom. The molecule has 0 aliphatic carbocycles. The smallest absolute Gasteiger partial charge is 0.186 e. The van der Waals surface area contributed by atoms with Crippen LogP contribution in [-0.4, -0.2) is 16.1 Å². The maximum absolute atomic E-state index is 12.7. The first-order valence-corrected chi connectivity index (χ1v) is 9.08. The van der Waals surface area contributed by atoms with Crippen molar-refractivity contribution >= 4 is 33.4 Å². The quantitative estimate of drug-likeness (QED) is 0.456. The number of hydrogen-bond acceptors (Lipinski definition) is 2. The predicted molar refractivity (Wildman–Crippen MR) is 105 cm³/mol. The summed E-state index contributed by atoms with van der Waals surface area (Å²) in [5.74, 6) is 0.985. The topological polar surface area (TPSA) is 22.0 Å². The van der Waals surface area contributed by atoms with Crippen LogP contribution in [0.2, 0.25) is 0 Å². The number of fused-ring (bicyclic) bond motifs is 1. The van der Waals surface area contributed by atoms with Crippen molar-refractivity contribution in [3.05, 3.63) is 77.5 Å². The molecule has 0 radical (unpaired) electrons. The lowest BCUT2D eigenvalue weighted by Crippen LogP contribution is -1.96. The lowest BCUT2D eigenvalue weighted by Gasteiger charge is -2.05. The van der Waals surface area contributed by atoms with Crippen molar-refractivity contribution in [3.63, 3.8) is 0 Å². The van der Waals surface area contributed by atoms with Gasteiger partial charge in [0.15, 0.2) is 5.78 Å². The van der Waals surface area contributed by atoms with Gasteiger partial charge in [0.2, 0.25) is 0 Å². The van der Waals surface area contributed by atoms with Crippen LogP contribution in [0, 0.1) is 6.92 Å². The number of nitrogens with zero attached hydrogens (tertiary/aromatic N) is 1. The van der Waals surface area contributed by atoms with Gasteiger partial charge in [-0.1, -0.05) is 48.9 Å². The normalized spacial score (nSPS) is 11.9. The molecule has 0 spiro atoms. The number of allylic oxidation sites excluding steroid dienone is 1. The van der Waals surface area contributed by atoms with E-state index >= 15 is 0 Å². The third-order valence-electron chi connectivity index (χ3n) is 4.03. The number of thioether (sulfide) groups is 1. The van der Waals surface area contributed by atoms with Gasteiger partial charge in [-0.05, 0) is 24.8 Å². The summed E-state index contributed by atoms with van der Waals surface area (Å²) in [6, 6.07) is 16.1. The standard InChI is InChI=1S/C21H21NOS/c1-4-24-21(13-20(23)16-9-7-8-15(2)12-16)18-14-22(3)19-11-6-5-10-17(18)19/h5-14H,4H2,1-3H3. The number of para-hydroxylation sites is 1. The molecule has 0 aliphatic rings. The number of aryl methyl sites for hydroxylation is 2. The third kappa shape index (κ3) is 3.31. The molecule has 122 valence electrons. The predicted octanol–water partition coefficient (Wildman–Crippen LogP) is 5.46. The van der Waals surface area contributed by atoms with Crippen molar-refractivity contribution < 1.29 is 4.79 Å². The van der Waals surface area contributed by atoms with Gasteiger partial charge in [0.1, 0.15) is 0 Å². The first-order chi connectivity index (χ1) is 11.6. The lowest BCUT2D eigenvalue weighted by atomic mass is 10.1. The van der Waals surface area contributed by atoms with Gasteiger partial charge in [0.25, 0.3) is 0 Å². The van der Waals surface area contributed by atoms with E-state index < -0.39 is 0 Å². The summed E-state index contributed by atoms with van der Waals surface area (Å²) in [7, 11) is 2.04. The number of benzene rings is 2. The van der Waals surface area contributed by atoms with Gasteiger partial charge < -0.3 is 4.57 Å². The molecule has 0 fully saturated rings. The molecule has 0 aliphatic heterocycles. The highest BCUT2D eigenvalue weighted by atomic mass is 32.2. The van der Waals surface area contributed by atoms with E-state index in [-0.39, 0.29) is 5.78 Å². The van der Waals surface area contributed by atoms with Gasteiger partial charge in [0.05, 0.1) is 0 Å². The van der Waals surface area contributed by atoms with Crippen molar-refractivity contribution in [3.8, 4) is 0 Å². The molecule has 2 nitrogen and oxygen atoms in total. The number of carbonyl (C=O) groups excluding carboxylic acids is 1. The van der Waals surface area contributed by atoms with Gasteiger partial charge in [0, 0.05) is 46.3 Å². The Morgan fingerprint density at radius 3 is 2.71 bits per heavy atom. The fourth-order valence-corrected chi connectivity index (χ4v) is 3.71. The molecule has 3 aromatic rings. The summed E-state index contributed by atoms with van der Waals surface area (Å²) in [4.78, 5) is 13.7. The van der Waals surface area contributed by atoms with Crippen LogP contribution in [0.25, 0.3) is 15.8 Å². The van der Waals surface area contributed by atoms with Crippen LogP contribution in [0.1, 0.15) is 28.4 Å². The van der Waals surface area contributed by atoms with Crippen molar-refractivity contribution in [1.82, 2.24) is 4.57 Å². The highest BCUT2D eigenvalue weighted by molar-refractivity contribution is 8.08. The zero-order valence-electron chi connectivity index (χ0n) is 14.2. The molecule has 3 heteroatoms. The maximum atomic E-state index is 12.7. The van der Waals surface area contributed by atoms with Crippen LogP contribution in [0.15, 0.2) is 60.8 Å². The molecule has 0 unspecified atom stereocenters. The van der Waals surface area contributed by atoms with Gasteiger partial charge >= 0.3 is 0 Å². The minimum Gasteiger partial charge on any atom is -0.350 e. The summed E-state index contributed by atoms with van der Waals surface area (Å²) >= 11 is 1.71. The van der Waals surface area contributed by atoms with Crippen LogP contribution in [0.5, 0.6) is 0 Å². The zero-order chi connectivity index (χ0) is 17.1. The third-order valence-corrected chi connectivity index (χ3v) is 4.96. The van der Waals surface area contributed by atoms with E-state index in [1.165, 1.54) is 10.9 Å². The van der Waals surface area contributed by atoms with E-state index in [1.807, 2.05) is 50.4 Å². The van der Waals surface area contributed by atoms with Crippen LogP contribution >= 0.6 is 11.8 Å². The highest BCUT2D eigenvalue weighted by Crippen LogP contribution is 2.34. The molecule has 0 saturated carbocycles. The van der Waals surface area contributed by atoms with Crippen LogP contribution in [-0.2, 0) is 7.05 Å². The molecular weight excluding hydrogens is 314 g/mol. The molecule has 0 N–H and O–H groups in total. The van der Waals surface area contributed by atoms with Gasteiger partial charge in [-0.15, -0.1) is 11.8 Å². The summed E-state index contributed by atoms with van der Waals surface area (Å²) in [6.07, 6.45) is 3.90. The summed E-state index contributed by atoms with van der Waals surface area (Å²) in [5.41, 5.74) is 4.15. The second-order valence-corrected chi connectivity index (χ2v) is 7.15. The fourth-order valence-electron chi connectivity index (χ4n) is 2.89.